The van der Waals surface area contributed by atoms with Crippen molar-refractivity contribution in [1.29, 1.82) is 0 Å². The minimum atomic E-state index is -0.777. The highest BCUT2D eigenvalue weighted by Crippen LogP contribution is 2.29. The minimum absolute atomic E-state index is 0.0540. The zero-order valence-electron chi connectivity index (χ0n) is 12.1. The molecule has 1 heterocycles. The molecule has 0 saturated carbocycles. The third-order valence-electron chi connectivity index (χ3n) is 2.86. The van der Waals surface area contributed by atoms with Crippen LogP contribution in [0.3, 0.4) is 0 Å². The van der Waals surface area contributed by atoms with Crippen molar-refractivity contribution in [3.05, 3.63) is 0 Å². The van der Waals surface area contributed by atoms with Gasteiger partial charge in [0.1, 0.15) is 12.7 Å². The van der Waals surface area contributed by atoms with Gasteiger partial charge in [-0.25, -0.2) is 0 Å². The van der Waals surface area contributed by atoms with Crippen molar-refractivity contribution in [3.8, 4) is 0 Å². The highest BCUT2D eigenvalue weighted by atomic mass is 16.6. The summed E-state index contributed by atoms with van der Waals surface area (Å²) >= 11 is 0. The first-order chi connectivity index (χ1) is 9.35. The Labute approximate surface area is 117 Å². The van der Waals surface area contributed by atoms with Crippen LogP contribution in [0.4, 0.5) is 0 Å². The second kappa shape index (κ2) is 7.23. The summed E-state index contributed by atoms with van der Waals surface area (Å²) in [7, 11) is 0. The van der Waals surface area contributed by atoms with Crippen LogP contribution in [-0.4, -0.2) is 48.9 Å². The normalized spacial score (nSPS) is 28.8. The monoisotopic (exact) mass is 288 g/mol. The lowest BCUT2D eigenvalue weighted by atomic mass is 10.1. The molecule has 0 aromatic heterocycles. The summed E-state index contributed by atoms with van der Waals surface area (Å²) in [5, 5.41) is 0. The molecule has 0 amide bonds. The van der Waals surface area contributed by atoms with Gasteiger partial charge < -0.3 is 18.9 Å². The van der Waals surface area contributed by atoms with E-state index < -0.39 is 42.3 Å². The summed E-state index contributed by atoms with van der Waals surface area (Å²) in [4.78, 5) is 33.2. The number of carbonyl (C=O) groups excluding carboxylic acids is 3. The van der Waals surface area contributed by atoms with Crippen molar-refractivity contribution in [1.82, 2.24) is 0 Å². The number of hydrogen-bond donors (Lipinski definition) is 0. The van der Waals surface area contributed by atoms with Gasteiger partial charge in [0.05, 0.1) is 6.10 Å². The molecule has 7 nitrogen and oxygen atoms in total. The van der Waals surface area contributed by atoms with E-state index in [1.807, 2.05) is 6.92 Å². The molecule has 1 saturated heterocycles. The molecular weight excluding hydrogens is 268 g/mol. The van der Waals surface area contributed by atoms with Gasteiger partial charge in [0.25, 0.3) is 0 Å². The molecule has 4 unspecified atom stereocenters. The molecule has 0 N–H and O–H groups in total. The van der Waals surface area contributed by atoms with E-state index in [1.54, 1.807) is 0 Å². The van der Waals surface area contributed by atoms with Crippen LogP contribution < -0.4 is 0 Å². The van der Waals surface area contributed by atoms with E-state index in [2.05, 4.69) is 0 Å². The Kier molecular flexibility index (Phi) is 5.94. The molecule has 0 aromatic carbocycles. The maximum Gasteiger partial charge on any atom is 0.303 e. The molecule has 0 radical (unpaired) electrons. The van der Waals surface area contributed by atoms with Crippen LogP contribution in [0.2, 0.25) is 0 Å². The van der Waals surface area contributed by atoms with Crippen molar-refractivity contribution in [2.75, 3.05) is 6.61 Å². The number of hydrogen-bond acceptors (Lipinski definition) is 7. The highest BCUT2D eigenvalue weighted by molar-refractivity contribution is 5.68. The Morgan fingerprint density at radius 1 is 0.900 bits per heavy atom. The van der Waals surface area contributed by atoms with E-state index in [9.17, 15) is 14.4 Å². The fourth-order valence-corrected chi connectivity index (χ4v) is 2.13. The van der Waals surface area contributed by atoms with E-state index >= 15 is 0 Å². The summed E-state index contributed by atoms with van der Waals surface area (Å²) in [5.74, 6) is -1.46. The Bertz CT molecular complexity index is 379. The lowest BCUT2D eigenvalue weighted by Gasteiger charge is -2.23. The smallest absolute Gasteiger partial charge is 0.303 e. The third-order valence-corrected chi connectivity index (χ3v) is 2.86. The maximum absolute atomic E-state index is 11.2. The van der Waals surface area contributed by atoms with Crippen molar-refractivity contribution >= 4 is 17.9 Å². The third kappa shape index (κ3) is 4.48. The van der Waals surface area contributed by atoms with Crippen molar-refractivity contribution in [2.45, 2.75) is 58.5 Å². The van der Waals surface area contributed by atoms with Crippen molar-refractivity contribution in [2.24, 2.45) is 0 Å². The average Bonchev–Trinajstić information content (AvgIpc) is 2.63. The number of carbonyl (C=O) groups is 3. The fraction of sp³-hybridized carbons (Fsp3) is 0.769. The molecule has 0 spiro atoms. The lowest BCUT2D eigenvalue weighted by molar-refractivity contribution is -0.165. The van der Waals surface area contributed by atoms with Gasteiger partial charge in [0.2, 0.25) is 0 Å². The standard InChI is InChI=1S/C13H20O7/c1-5-10-12(18-8(3)15)13(19-9(4)16)11(20-10)6-17-7(2)14/h10-13H,5-6H2,1-4H3. The average molecular weight is 288 g/mol. The topological polar surface area (TPSA) is 88.1 Å². The first kappa shape index (κ1) is 16.4. The Hall–Kier alpha value is -1.63. The lowest BCUT2D eigenvalue weighted by Crippen LogP contribution is -2.41. The van der Waals surface area contributed by atoms with Crippen LogP contribution in [0.1, 0.15) is 34.1 Å². The zero-order chi connectivity index (χ0) is 15.3. The van der Waals surface area contributed by atoms with Crippen LogP contribution in [0.25, 0.3) is 0 Å². The molecule has 1 aliphatic heterocycles. The molecule has 114 valence electrons. The molecular formula is C13H20O7. The predicted molar refractivity (Wildman–Crippen MR) is 66.7 cm³/mol. The van der Waals surface area contributed by atoms with Crippen LogP contribution in [-0.2, 0) is 33.3 Å². The predicted octanol–water partition coefficient (Wildman–Crippen LogP) is 0.590. The van der Waals surface area contributed by atoms with Gasteiger partial charge >= 0.3 is 17.9 Å². The van der Waals surface area contributed by atoms with Gasteiger partial charge in [0, 0.05) is 20.8 Å². The van der Waals surface area contributed by atoms with E-state index in [4.69, 9.17) is 18.9 Å². The maximum atomic E-state index is 11.2. The highest BCUT2D eigenvalue weighted by Gasteiger charge is 2.48. The largest absolute Gasteiger partial charge is 0.463 e. The van der Waals surface area contributed by atoms with E-state index in [1.165, 1.54) is 20.8 Å². The molecule has 1 aliphatic rings. The van der Waals surface area contributed by atoms with Crippen LogP contribution in [0, 0.1) is 0 Å². The van der Waals surface area contributed by atoms with E-state index in [-0.39, 0.29) is 6.61 Å². The van der Waals surface area contributed by atoms with Crippen molar-refractivity contribution < 1.29 is 33.3 Å². The zero-order valence-corrected chi connectivity index (χ0v) is 12.1. The van der Waals surface area contributed by atoms with E-state index in [0.29, 0.717) is 6.42 Å². The molecule has 1 fully saturated rings. The second-order valence-corrected chi connectivity index (χ2v) is 4.57. The summed E-state index contributed by atoms with van der Waals surface area (Å²) in [6, 6.07) is 0. The van der Waals surface area contributed by atoms with Gasteiger partial charge in [0.15, 0.2) is 12.2 Å². The van der Waals surface area contributed by atoms with Crippen LogP contribution in [0.15, 0.2) is 0 Å². The first-order valence-corrected chi connectivity index (χ1v) is 6.48. The SMILES string of the molecule is CCC1OC(COC(C)=O)C(OC(C)=O)C1OC(C)=O. The molecule has 0 aliphatic carbocycles. The van der Waals surface area contributed by atoms with Crippen LogP contribution in [0.5, 0.6) is 0 Å². The van der Waals surface area contributed by atoms with Crippen LogP contribution >= 0.6 is 0 Å². The summed E-state index contributed by atoms with van der Waals surface area (Å²) in [6.07, 6.45) is -1.93. The first-order valence-electron chi connectivity index (χ1n) is 6.48. The van der Waals surface area contributed by atoms with Crippen molar-refractivity contribution in [3.63, 3.8) is 0 Å². The molecule has 4 atom stereocenters. The number of rotatable bonds is 5. The summed E-state index contributed by atoms with van der Waals surface area (Å²) in [5.41, 5.74) is 0. The quantitative estimate of drug-likeness (QED) is 0.540. The van der Waals surface area contributed by atoms with E-state index in [0.717, 1.165) is 0 Å². The molecule has 7 heteroatoms. The Morgan fingerprint density at radius 3 is 1.80 bits per heavy atom. The fourth-order valence-electron chi connectivity index (χ4n) is 2.13. The second-order valence-electron chi connectivity index (χ2n) is 4.57. The molecule has 0 aromatic rings. The number of ether oxygens (including phenoxy) is 4. The summed E-state index contributed by atoms with van der Waals surface area (Å²) < 4.78 is 20.9. The Morgan fingerprint density at radius 2 is 1.40 bits per heavy atom. The van der Waals surface area contributed by atoms with Gasteiger partial charge in [-0.15, -0.1) is 0 Å². The molecule has 0 bridgehead atoms. The minimum Gasteiger partial charge on any atom is -0.463 e. The van der Waals surface area contributed by atoms with Gasteiger partial charge in [-0.2, -0.15) is 0 Å². The molecule has 20 heavy (non-hydrogen) atoms. The van der Waals surface area contributed by atoms with Gasteiger partial charge in [-0.1, -0.05) is 6.92 Å². The number of esters is 3. The molecule has 1 rings (SSSR count). The Balaban J connectivity index is 2.84. The van der Waals surface area contributed by atoms with Gasteiger partial charge in [-0.05, 0) is 6.42 Å². The summed E-state index contributed by atoms with van der Waals surface area (Å²) in [6.45, 7) is 5.61. The van der Waals surface area contributed by atoms with Gasteiger partial charge in [-0.3, -0.25) is 14.4 Å².